The molecule has 1 fully saturated rings. The minimum Gasteiger partial charge on any atom is -0.385 e. The predicted octanol–water partition coefficient (Wildman–Crippen LogP) is 4.33. The quantitative estimate of drug-likeness (QED) is 0.594. The molecular weight excluding hydrogens is 369 g/mol. The lowest BCUT2D eigenvalue weighted by Gasteiger charge is -2.24. The summed E-state index contributed by atoms with van der Waals surface area (Å²) < 4.78 is 45.9. The summed E-state index contributed by atoms with van der Waals surface area (Å²) in [6.07, 6.45) is 0.105. The Morgan fingerprint density at radius 3 is 2.71 bits per heavy atom. The maximum Gasteiger partial charge on any atom is 0.416 e. The second-order valence-corrected chi connectivity index (χ2v) is 7.21. The summed E-state index contributed by atoms with van der Waals surface area (Å²) >= 11 is 0. The third-order valence-corrected chi connectivity index (χ3v) is 4.90. The molecular formula is C21H25F3N2O2. The second-order valence-electron chi connectivity index (χ2n) is 7.21. The summed E-state index contributed by atoms with van der Waals surface area (Å²) in [4.78, 5) is 14.4. The molecule has 1 aromatic heterocycles. The molecule has 2 aromatic rings. The van der Waals surface area contributed by atoms with Gasteiger partial charge in [-0.15, -0.1) is 0 Å². The van der Waals surface area contributed by atoms with Crippen LogP contribution in [-0.2, 0) is 28.8 Å². The highest BCUT2D eigenvalue weighted by molar-refractivity contribution is 5.81. The number of alkyl halides is 3. The maximum absolute atomic E-state index is 13.0. The van der Waals surface area contributed by atoms with Gasteiger partial charge in [0, 0.05) is 44.6 Å². The summed E-state index contributed by atoms with van der Waals surface area (Å²) in [5.41, 5.74) is 0.833. The number of benzene rings is 1. The molecule has 28 heavy (non-hydrogen) atoms. The first kappa shape index (κ1) is 20.5. The van der Waals surface area contributed by atoms with Crippen LogP contribution in [0, 0.1) is 5.92 Å². The van der Waals surface area contributed by atoms with Crippen LogP contribution in [0.3, 0.4) is 0 Å². The van der Waals surface area contributed by atoms with E-state index in [4.69, 9.17) is 4.74 Å². The van der Waals surface area contributed by atoms with Gasteiger partial charge < -0.3 is 14.2 Å². The molecule has 1 aliphatic carbocycles. The van der Waals surface area contributed by atoms with Crippen LogP contribution in [0.15, 0.2) is 42.6 Å². The zero-order chi connectivity index (χ0) is 20.1. The number of hydrogen-bond donors (Lipinski definition) is 0. The van der Waals surface area contributed by atoms with Gasteiger partial charge in [-0.05, 0) is 49.1 Å². The van der Waals surface area contributed by atoms with E-state index < -0.39 is 11.7 Å². The molecule has 1 saturated carbocycles. The summed E-state index contributed by atoms with van der Waals surface area (Å²) in [7, 11) is 1.63. The van der Waals surface area contributed by atoms with Crippen molar-refractivity contribution in [1.29, 1.82) is 0 Å². The zero-order valence-corrected chi connectivity index (χ0v) is 15.9. The Kier molecular flexibility index (Phi) is 6.44. The lowest BCUT2D eigenvalue weighted by Crippen LogP contribution is -2.34. The summed E-state index contributed by atoms with van der Waals surface area (Å²) in [5, 5.41) is 0. The minimum absolute atomic E-state index is 0.120. The third-order valence-electron chi connectivity index (χ3n) is 4.90. The van der Waals surface area contributed by atoms with Crippen LogP contribution in [0.25, 0.3) is 0 Å². The number of methoxy groups -OCH3 is 1. The number of hydrogen-bond acceptors (Lipinski definition) is 2. The van der Waals surface area contributed by atoms with Crippen LogP contribution in [0.5, 0.6) is 0 Å². The molecule has 0 atom stereocenters. The van der Waals surface area contributed by atoms with Gasteiger partial charge in [-0.3, -0.25) is 4.79 Å². The van der Waals surface area contributed by atoms with E-state index >= 15 is 0 Å². The fourth-order valence-corrected chi connectivity index (χ4v) is 3.24. The topological polar surface area (TPSA) is 34.5 Å². The van der Waals surface area contributed by atoms with Gasteiger partial charge in [0.25, 0.3) is 0 Å². The highest BCUT2D eigenvalue weighted by Gasteiger charge is 2.33. The van der Waals surface area contributed by atoms with Crippen LogP contribution in [0.4, 0.5) is 13.2 Å². The summed E-state index contributed by atoms with van der Waals surface area (Å²) in [5.74, 6) is 0.275. The zero-order valence-electron chi connectivity index (χ0n) is 15.9. The standard InChI is InChI=1S/C21H25F3N2O2/c1-28-12-4-11-26(20(27)17-8-9-17)15-19-7-3-10-25(19)14-16-5-2-6-18(13-16)21(22,23)24/h2-3,5-7,10,13,17H,4,8-9,11-12,14-15H2,1H3. The van der Waals surface area contributed by atoms with Crippen molar-refractivity contribution in [3.8, 4) is 0 Å². The Hall–Kier alpha value is -2.28. The predicted molar refractivity (Wildman–Crippen MR) is 99.6 cm³/mol. The van der Waals surface area contributed by atoms with Gasteiger partial charge in [0.15, 0.2) is 0 Å². The van der Waals surface area contributed by atoms with Gasteiger partial charge >= 0.3 is 6.18 Å². The van der Waals surface area contributed by atoms with Crippen LogP contribution in [0.1, 0.15) is 36.1 Å². The van der Waals surface area contributed by atoms with Crippen LogP contribution < -0.4 is 0 Å². The van der Waals surface area contributed by atoms with Crippen molar-refractivity contribution in [1.82, 2.24) is 9.47 Å². The monoisotopic (exact) mass is 394 g/mol. The molecule has 3 rings (SSSR count). The van der Waals surface area contributed by atoms with Gasteiger partial charge in [-0.2, -0.15) is 13.2 Å². The van der Waals surface area contributed by atoms with E-state index in [1.807, 2.05) is 27.8 Å². The van der Waals surface area contributed by atoms with E-state index in [1.54, 1.807) is 13.2 Å². The fraction of sp³-hybridized carbons (Fsp3) is 0.476. The highest BCUT2D eigenvalue weighted by atomic mass is 19.4. The first-order valence-corrected chi connectivity index (χ1v) is 9.46. The molecule has 0 radical (unpaired) electrons. The largest absolute Gasteiger partial charge is 0.416 e. The van der Waals surface area contributed by atoms with E-state index in [2.05, 4.69) is 0 Å². The SMILES string of the molecule is COCCCN(Cc1cccn1Cc1cccc(C(F)(F)F)c1)C(=O)C1CC1. The molecule has 0 saturated heterocycles. The van der Waals surface area contributed by atoms with Crippen molar-refractivity contribution in [2.75, 3.05) is 20.3 Å². The van der Waals surface area contributed by atoms with Crippen molar-refractivity contribution in [3.05, 3.63) is 59.4 Å². The number of ether oxygens (including phenoxy) is 1. The number of amides is 1. The van der Waals surface area contributed by atoms with E-state index in [9.17, 15) is 18.0 Å². The van der Waals surface area contributed by atoms with E-state index in [1.165, 1.54) is 12.1 Å². The average Bonchev–Trinajstić information content (AvgIpc) is 3.42. The van der Waals surface area contributed by atoms with Crippen LogP contribution >= 0.6 is 0 Å². The van der Waals surface area contributed by atoms with E-state index in [-0.39, 0.29) is 11.8 Å². The first-order valence-electron chi connectivity index (χ1n) is 9.46. The van der Waals surface area contributed by atoms with Crippen molar-refractivity contribution in [3.63, 3.8) is 0 Å². The summed E-state index contributed by atoms with van der Waals surface area (Å²) in [6.45, 7) is 1.97. The van der Waals surface area contributed by atoms with Gasteiger partial charge in [0.1, 0.15) is 0 Å². The molecule has 0 aliphatic heterocycles. The Morgan fingerprint density at radius 1 is 1.25 bits per heavy atom. The number of halogens is 3. The Morgan fingerprint density at radius 2 is 2.04 bits per heavy atom. The third kappa shape index (κ3) is 5.38. The average molecular weight is 394 g/mol. The number of carbonyl (C=O) groups excluding carboxylic acids is 1. The second kappa shape index (κ2) is 8.82. The number of rotatable bonds is 9. The Bertz CT molecular complexity index is 797. The molecule has 0 spiro atoms. The highest BCUT2D eigenvalue weighted by Crippen LogP contribution is 2.32. The van der Waals surface area contributed by atoms with Gasteiger partial charge in [-0.1, -0.05) is 12.1 Å². The molecule has 152 valence electrons. The molecule has 1 aromatic carbocycles. The first-order chi connectivity index (χ1) is 13.4. The van der Waals surface area contributed by atoms with E-state index in [0.29, 0.717) is 31.8 Å². The Balaban J connectivity index is 1.72. The normalized spacial score (nSPS) is 14.3. The maximum atomic E-state index is 13.0. The molecule has 1 aliphatic rings. The van der Waals surface area contributed by atoms with Crippen LogP contribution in [-0.4, -0.2) is 35.6 Å². The molecule has 7 heteroatoms. The van der Waals surface area contributed by atoms with E-state index in [0.717, 1.165) is 31.0 Å². The van der Waals surface area contributed by atoms with Crippen molar-refractivity contribution >= 4 is 5.91 Å². The number of aromatic nitrogens is 1. The fourth-order valence-electron chi connectivity index (χ4n) is 3.24. The minimum atomic E-state index is -4.36. The van der Waals surface area contributed by atoms with Crippen molar-refractivity contribution in [2.24, 2.45) is 5.92 Å². The molecule has 1 amide bonds. The lowest BCUT2D eigenvalue weighted by atomic mass is 10.1. The molecule has 1 heterocycles. The smallest absolute Gasteiger partial charge is 0.385 e. The van der Waals surface area contributed by atoms with Gasteiger partial charge in [0.05, 0.1) is 12.1 Å². The van der Waals surface area contributed by atoms with Crippen molar-refractivity contribution < 1.29 is 22.7 Å². The van der Waals surface area contributed by atoms with Gasteiger partial charge in [-0.25, -0.2) is 0 Å². The molecule has 0 bridgehead atoms. The summed E-state index contributed by atoms with van der Waals surface area (Å²) in [6, 6.07) is 9.14. The number of nitrogens with zero attached hydrogens (tertiary/aromatic N) is 2. The van der Waals surface area contributed by atoms with Crippen molar-refractivity contribution in [2.45, 2.75) is 38.5 Å². The molecule has 4 nitrogen and oxygen atoms in total. The van der Waals surface area contributed by atoms with Crippen LogP contribution in [0.2, 0.25) is 0 Å². The lowest BCUT2D eigenvalue weighted by molar-refractivity contribution is -0.137. The van der Waals surface area contributed by atoms with Gasteiger partial charge in [0.2, 0.25) is 5.91 Å². The Labute approximate surface area is 162 Å². The molecule has 0 N–H and O–H groups in total. The number of carbonyl (C=O) groups is 1. The molecule has 0 unspecified atom stereocenters.